The van der Waals surface area contributed by atoms with E-state index in [1.807, 2.05) is 0 Å². The number of esters is 2. The smallest absolute Gasteiger partial charge is 0.337 e. The second kappa shape index (κ2) is 21.7. The first kappa shape index (κ1) is 38.0. The molecular weight excluding hydrogens is 512 g/mol. The maximum Gasteiger partial charge on any atom is 0.337 e. The van der Waals surface area contributed by atoms with Crippen molar-refractivity contribution in [3.8, 4) is 0 Å². The summed E-state index contributed by atoms with van der Waals surface area (Å²) in [6.07, 6.45) is 15.2. The number of unbranched alkanes of at least 4 members (excludes halogenated alkanes) is 15. The number of carboxylic acid groups (broad SMARTS) is 2. The van der Waals surface area contributed by atoms with Crippen molar-refractivity contribution in [3.05, 3.63) is 0 Å². The van der Waals surface area contributed by atoms with Crippen molar-refractivity contribution >= 4 is 23.9 Å². The Hall–Kier alpha value is -1.96. The van der Waals surface area contributed by atoms with Crippen LogP contribution in [0, 0.1) is 11.3 Å². The number of ether oxygens (including phenoxy) is 1. The number of aliphatic carboxylic acids is 2. The molecule has 0 aliphatic rings. The van der Waals surface area contributed by atoms with Crippen LogP contribution in [0.25, 0.3) is 0 Å². The third kappa shape index (κ3) is 12.7. The van der Waals surface area contributed by atoms with Gasteiger partial charge in [-0.2, -0.15) is 0 Å². The summed E-state index contributed by atoms with van der Waals surface area (Å²) in [7, 11) is 0. The third-order valence-electron chi connectivity index (χ3n) is 8.25. The van der Waals surface area contributed by atoms with Gasteiger partial charge in [-0.1, -0.05) is 136 Å². The van der Waals surface area contributed by atoms with Crippen LogP contribution in [-0.2, 0) is 23.9 Å². The van der Waals surface area contributed by atoms with Gasteiger partial charge in [-0.3, -0.25) is 14.4 Å². The fraction of sp³-hybridized carbons (Fsp3) is 0.875. The number of hydrogen-bond donors (Lipinski definition) is 3. The largest absolute Gasteiger partial charge is 0.481 e. The maximum absolute atomic E-state index is 13.7. The highest BCUT2D eigenvalue weighted by Crippen LogP contribution is 2.49. The van der Waals surface area contributed by atoms with Gasteiger partial charge in [-0.15, -0.1) is 0 Å². The van der Waals surface area contributed by atoms with E-state index in [2.05, 4.69) is 20.8 Å². The molecule has 8 heteroatoms. The van der Waals surface area contributed by atoms with Crippen LogP contribution in [0.4, 0.5) is 0 Å². The van der Waals surface area contributed by atoms with Crippen molar-refractivity contribution in [2.75, 3.05) is 0 Å². The lowest BCUT2D eigenvalue weighted by Crippen LogP contribution is -2.64. The van der Waals surface area contributed by atoms with E-state index in [4.69, 9.17) is 4.74 Å². The molecule has 0 saturated heterocycles. The SMILES string of the molecule is CCCCCCCCC(C(=O)O)C(O)(C(=O)O)C(CCCCCCCC)(CCCCCCCC)C(=O)OC(C)=O. The Bertz CT molecular complexity index is 718. The van der Waals surface area contributed by atoms with Crippen LogP contribution in [0.15, 0.2) is 0 Å². The zero-order chi connectivity index (χ0) is 30.4. The van der Waals surface area contributed by atoms with Gasteiger partial charge in [-0.05, 0) is 19.3 Å². The second-order valence-corrected chi connectivity index (χ2v) is 11.5. The summed E-state index contributed by atoms with van der Waals surface area (Å²) in [5.74, 6) is -6.94. The highest BCUT2D eigenvalue weighted by molar-refractivity contribution is 5.96. The van der Waals surface area contributed by atoms with Gasteiger partial charge in [0.15, 0.2) is 5.60 Å². The van der Waals surface area contributed by atoms with Gasteiger partial charge in [0.1, 0.15) is 5.41 Å². The first-order valence-electron chi connectivity index (χ1n) is 16.0. The van der Waals surface area contributed by atoms with Crippen molar-refractivity contribution in [1.29, 1.82) is 0 Å². The summed E-state index contributed by atoms with van der Waals surface area (Å²) in [5.41, 5.74) is -4.97. The van der Waals surface area contributed by atoms with Crippen molar-refractivity contribution < 1.29 is 39.2 Å². The minimum Gasteiger partial charge on any atom is -0.481 e. The first-order valence-corrected chi connectivity index (χ1v) is 16.0. The van der Waals surface area contributed by atoms with Gasteiger partial charge in [0, 0.05) is 6.92 Å². The Balaban J connectivity index is 6.38. The highest BCUT2D eigenvalue weighted by atomic mass is 16.6. The average molecular weight is 571 g/mol. The lowest BCUT2D eigenvalue weighted by molar-refractivity contribution is -0.210. The lowest BCUT2D eigenvalue weighted by Gasteiger charge is -2.45. The molecule has 0 heterocycles. The monoisotopic (exact) mass is 570 g/mol. The standard InChI is InChI=1S/C32H58O8/c1-5-8-11-14-17-20-23-27(28(34)35)32(39,29(36)37)31(30(38)40-26(4)33,24-21-18-15-12-9-6-2)25-22-19-16-13-10-7-3/h27,39H,5-25H2,1-4H3,(H,34,35)(H,36,37). The Morgan fingerprint density at radius 2 is 1.00 bits per heavy atom. The van der Waals surface area contributed by atoms with E-state index in [1.54, 1.807) is 0 Å². The number of aliphatic hydroxyl groups is 1. The van der Waals surface area contributed by atoms with Gasteiger partial charge in [0.25, 0.3) is 0 Å². The molecular formula is C32H58O8. The van der Waals surface area contributed by atoms with E-state index in [0.717, 1.165) is 84.0 Å². The molecule has 0 aromatic carbocycles. The van der Waals surface area contributed by atoms with E-state index in [-0.39, 0.29) is 19.3 Å². The fourth-order valence-electron chi connectivity index (χ4n) is 5.84. The van der Waals surface area contributed by atoms with E-state index in [9.17, 15) is 34.5 Å². The highest BCUT2D eigenvalue weighted by Gasteiger charge is 2.66. The Morgan fingerprint density at radius 1 is 0.625 bits per heavy atom. The average Bonchev–Trinajstić information content (AvgIpc) is 2.89. The molecule has 0 fully saturated rings. The predicted molar refractivity (Wildman–Crippen MR) is 157 cm³/mol. The van der Waals surface area contributed by atoms with Crippen molar-refractivity contribution in [2.24, 2.45) is 11.3 Å². The molecule has 0 radical (unpaired) electrons. The second-order valence-electron chi connectivity index (χ2n) is 11.5. The molecule has 0 spiro atoms. The summed E-state index contributed by atoms with van der Waals surface area (Å²) in [6.45, 7) is 7.36. The van der Waals surface area contributed by atoms with Gasteiger partial charge in [0.05, 0.1) is 5.92 Å². The molecule has 40 heavy (non-hydrogen) atoms. The molecule has 0 amide bonds. The zero-order valence-corrected chi connectivity index (χ0v) is 25.8. The van der Waals surface area contributed by atoms with Crippen LogP contribution >= 0.6 is 0 Å². The molecule has 0 aromatic rings. The molecule has 0 bridgehead atoms. The van der Waals surface area contributed by atoms with E-state index >= 15 is 0 Å². The topological polar surface area (TPSA) is 138 Å². The van der Waals surface area contributed by atoms with Crippen LogP contribution < -0.4 is 0 Å². The molecule has 0 aromatic heterocycles. The number of hydrogen-bond acceptors (Lipinski definition) is 6. The van der Waals surface area contributed by atoms with Crippen LogP contribution in [-0.4, -0.2) is 44.8 Å². The maximum atomic E-state index is 13.7. The minimum atomic E-state index is -2.92. The number of rotatable bonds is 26. The van der Waals surface area contributed by atoms with Crippen molar-refractivity contribution in [1.82, 2.24) is 0 Å². The molecule has 8 nitrogen and oxygen atoms in total. The molecule has 3 N–H and O–H groups in total. The normalized spacial score (nSPS) is 13.9. The molecule has 0 saturated carbocycles. The van der Waals surface area contributed by atoms with Gasteiger partial charge in [-0.25, -0.2) is 4.79 Å². The van der Waals surface area contributed by atoms with E-state index in [0.29, 0.717) is 38.5 Å². The van der Waals surface area contributed by atoms with Gasteiger partial charge < -0.3 is 20.1 Å². The summed E-state index contributed by atoms with van der Waals surface area (Å²) >= 11 is 0. The van der Waals surface area contributed by atoms with Crippen molar-refractivity contribution in [2.45, 2.75) is 168 Å². The lowest BCUT2D eigenvalue weighted by atomic mass is 9.59. The molecule has 0 rings (SSSR count). The summed E-state index contributed by atoms with van der Waals surface area (Å²) in [5, 5.41) is 32.7. The summed E-state index contributed by atoms with van der Waals surface area (Å²) in [4.78, 5) is 51.1. The van der Waals surface area contributed by atoms with Crippen LogP contribution in [0.1, 0.15) is 163 Å². The molecule has 2 unspecified atom stereocenters. The number of carboxylic acids is 2. The minimum absolute atomic E-state index is 0.0523. The van der Waals surface area contributed by atoms with E-state index < -0.39 is 40.8 Å². The van der Waals surface area contributed by atoms with Crippen LogP contribution in [0.3, 0.4) is 0 Å². The summed E-state index contributed by atoms with van der Waals surface area (Å²) in [6, 6.07) is 0. The summed E-state index contributed by atoms with van der Waals surface area (Å²) < 4.78 is 5.01. The number of carbonyl (C=O) groups is 4. The molecule has 0 aliphatic heterocycles. The van der Waals surface area contributed by atoms with Gasteiger partial charge in [0.2, 0.25) is 0 Å². The molecule has 234 valence electrons. The number of carbonyl (C=O) groups excluding carboxylic acids is 2. The predicted octanol–water partition coefficient (Wildman–Crippen LogP) is 7.83. The Labute approximate surface area is 242 Å². The third-order valence-corrected chi connectivity index (χ3v) is 8.25. The first-order chi connectivity index (χ1) is 19.0. The van der Waals surface area contributed by atoms with Crippen LogP contribution in [0.2, 0.25) is 0 Å². The van der Waals surface area contributed by atoms with E-state index in [1.165, 1.54) is 0 Å². The molecule has 2 atom stereocenters. The molecule has 0 aliphatic carbocycles. The van der Waals surface area contributed by atoms with Gasteiger partial charge >= 0.3 is 23.9 Å². The Kier molecular flexibility index (Phi) is 20.7. The fourth-order valence-corrected chi connectivity index (χ4v) is 5.84. The zero-order valence-electron chi connectivity index (χ0n) is 25.8. The van der Waals surface area contributed by atoms with Crippen LogP contribution in [0.5, 0.6) is 0 Å². The van der Waals surface area contributed by atoms with Crippen molar-refractivity contribution in [3.63, 3.8) is 0 Å². The quantitative estimate of drug-likeness (QED) is 0.0543. The Morgan fingerprint density at radius 3 is 1.35 bits per heavy atom.